The zero-order chi connectivity index (χ0) is 28.3. The van der Waals surface area contributed by atoms with E-state index in [-0.39, 0.29) is 32.6 Å². The van der Waals surface area contributed by atoms with Gasteiger partial charge in [0.15, 0.2) is 6.10 Å². The maximum absolute atomic E-state index is 12.3. The molecule has 9 nitrogen and oxygen atoms in total. The lowest BCUT2D eigenvalue weighted by Gasteiger charge is -2.19. The summed E-state index contributed by atoms with van der Waals surface area (Å²) < 4.78 is 32.0. The van der Waals surface area contributed by atoms with Gasteiger partial charge >= 0.3 is 19.8 Å². The SMILES string of the molecule is CC/C=C\C/C=C\C/C=C\C/C=C\CCC(=O)OC(COC(=O)CCCCCC)COP(=O)(O)OCCN. The first-order chi connectivity index (χ1) is 18.3. The van der Waals surface area contributed by atoms with E-state index in [1.165, 1.54) is 0 Å². The van der Waals surface area contributed by atoms with Crippen molar-refractivity contribution in [2.45, 2.75) is 90.6 Å². The van der Waals surface area contributed by atoms with Crippen molar-refractivity contribution < 1.29 is 37.6 Å². The second kappa shape index (κ2) is 25.3. The highest BCUT2D eigenvalue weighted by Crippen LogP contribution is 2.43. The average Bonchev–Trinajstić information content (AvgIpc) is 2.89. The van der Waals surface area contributed by atoms with E-state index in [9.17, 15) is 19.0 Å². The summed E-state index contributed by atoms with van der Waals surface area (Å²) in [6.07, 6.45) is 23.7. The average molecular weight is 558 g/mol. The lowest BCUT2D eigenvalue weighted by Crippen LogP contribution is -2.29. The summed E-state index contributed by atoms with van der Waals surface area (Å²) in [6, 6.07) is 0. The Hall–Kier alpha value is -2.03. The number of phosphoric ester groups is 1. The Morgan fingerprint density at radius 1 is 0.816 bits per heavy atom. The fraction of sp³-hybridized carbons (Fsp3) is 0.643. The van der Waals surface area contributed by atoms with Crippen LogP contribution in [0.15, 0.2) is 48.6 Å². The molecule has 10 heteroatoms. The van der Waals surface area contributed by atoms with Crippen LogP contribution in [0.3, 0.4) is 0 Å². The second-order valence-corrected chi connectivity index (χ2v) is 9.98. The zero-order valence-electron chi connectivity index (χ0n) is 23.1. The first-order valence-electron chi connectivity index (χ1n) is 13.6. The number of phosphoric acid groups is 1. The van der Waals surface area contributed by atoms with Crippen molar-refractivity contribution in [2.24, 2.45) is 5.73 Å². The molecule has 0 aromatic rings. The summed E-state index contributed by atoms with van der Waals surface area (Å²) in [7, 11) is -4.37. The number of hydrogen-bond acceptors (Lipinski definition) is 8. The van der Waals surface area contributed by atoms with E-state index in [1.807, 2.05) is 12.2 Å². The number of esters is 2. The van der Waals surface area contributed by atoms with Crippen molar-refractivity contribution >= 4 is 19.8 Å². The van der Waals surface area contributed by atoms with Gasteiger partial charge in [-0.15, -0.1) is 0 Å². The van der Waals surface area contributed by atoms with Gasteiger partial charge in [-0.2, -0.15) is 0 Å². The minimum atomic E-state index is -4.37. The standard InChI is InChI=1S/C28H48NO8P/c1-3-5-7-9-10-11-12-13-14-15-16-17-19-21-28(31)37-26(25-36-38(32,33)35-23-22-29)24-34-27(30)20-18-8-6-4-2/h5,7,10-11,13-14,16-17,26H,3-4,6,8-9,12,15,18-25,29H2,1-2H3,(H,32,33)/b7-5-,11-10-,14-13-,17-16-. The van der Waals surface area contributed by atoms with Gasteiger partial charge in [0.25, 0.3) is 0 Å². The van der Waals surface area contributed by atoms with Crippen LogP contribution in [0.25, 0.3) is 0 Å². The van der Waals surface area contributed by atoms with Crippen LogP contribution in [0.4, 0.5) is 0 Å². The fourth-order valence-electron chi connectivity index (χ4n) is 3.00. The first kappa shape index (κ1) is 36.0. The Morgan fingerprint density at radius 3 is 2.05 bits per heavy atom. The van der Waals surface area contributed by atoms with E-state index in [0.29, 0.717) is 12.8 Å². The van der Waals surface area contributed by atoms with Crippen molar-refractivity contribution in [1.29, 1.82) is 0 Å². The van der Waals surface area contributed by atoms with Crippen LogP contribution in [0.2, 0.25) is 0 Å². The van der Waals surface area contributed by atoms with Crippen LogP contribution < -0.4 is 5.73 Å². The largest absolute Gasteiger partial charge is 0.472 e. The molecule has 0 rings (SSSR count). The maximum Gasteiger partial charge on any atom is 0.472 e. The lowest BCUT2D eigenvalue weighted by molar-refractivity contribution is -0.161. The van der Waals surface area contributed by atoms with Gasteiger partial charge < -0.3 is 20.1 Å². The number of nitrogens with two attached hydrogens (primary N) is 1. The third kappa shape index (κ3) is 24.3. The highest BCUT2D eigenvalue weighted by Gasteiger charge is 2.25. The van der Waals surface area contributed by atoms with Crippen molar-refractivity contribution in [3.8, 4) is 0 Å². The van der Waals surface area contributed by atoms with Gasteiger partial charge in [0.1, 0.15) is 6.61 Å². The maximum atomic E-state index is 12.3. The van der Waals surface area contributed by atoms with Crippen molar-refractivity contribution in [1.82, 2.24) is 0 Å². The van der Waals surface area contributed by atoms with E-state index in [1.54, 1.807) is 0 Å². The monoisotopic (exact) mass is 557 g/mol. The predicted octanol–water partition coefficient (Wildman–Crippen LogP) is 6.09. The minimum absolute atomic E-state index is 0.0409. The van der Waals surface area contributed by atoms with E-state index < -0.39 is 32.5 Å². The van der Waals surface area contributed by atoms with Crippen LogP contribution in [0.1, 0.15) is 84.5 Å². The van der Waals surface area contributed by atoms with E-state index in [0.717, 1.165) is 44.9 Å². The van der Waals surface area contributed by atoms with Crippen molar-refractivity contribution in [2.75, 3.05) is 26.4 Å². The Balaban J connectivity index is 4.49. The molecule has 0 aromatic heterocycles. The first-order valence-corrected chi connectivity index (χ1v) is 15.1. The van der Waals surface area contributed by atoms with Crippen LogP contribution in [-0.2, 0) is 32.7 Å². The fourth-order valence-corrected chi connectivity index (χ4v) is 3.76. The number of ether oxygens (including phenoxy) is 2. The molecule has 218 valence electrons. The van der Waals surface area contributed by atoms with Crippen LogP contribution in [0, 0.1) is 0 Å². The Morgan fingerprint density at radius 2 is 1.45 bits per heavy atom. The summed E-state index contributed by atoms with van der Waals surface area (Å²) in [5.41, 5.74) is 5.27. The molecule has 0 radical (unpaired) electrons. The van der Waals surface area contributed by atoms with E-state index in [2.05, 4.69) is 54.8 Å². The molecule has 0 aromatic carbocycles. The lowest BCUT2D eigenvalue weighted by atomic mass is 10.2. The van der Waals surface area contributed by atoms with Crippen molar-refractivity contribution in [3.63, 3.8) is 0 Å². The van der Waals surface area contributed by atoms with Gasteiger partial charge in [0.2, 0.25) is 0 Å². The van der Waals surface area contributed by atoms with Gasteiger partial charge in [-0.1, -0.05) is 81.7 Å². The zero-order valence-corrected chi connectivity index (χ0v) is 24.0. The molecular formula is C28H48NO8P. The quantitative estimate of drug-likeness (QED) is 0.0625. The van der Waals surface area contributed by atoms with Gasteiger partial charge in [-0.05, 0) is 38.5 Å². The predicted molar refractivity (Wildman–Crippen MR) is 150 cm³/mol. The van der Waals surface area contributed by atoms with Crippen LogP contribution in [-0.4, -0.2) is 49.3 Å². The minimum Gasteiger partial charge on any atom is -0.462 e. The third-order valence-electron chi connectivity index (χ3n) is 4.99. The second-order valence-electron chi connectivity index (χ2n) is 8.53. The smallest absolute Gasteiger partial charge is 0.462 e. The van der Waals surface area contributed by atoms with Gasteiger partial charge in [0.05, 0.1) is 13.2 Å². The number of carbonyl (C=O) groups is 2. The summed E-state index contributed by atoms with van der Waals surface area (Å²) in [5.74, 6) is -0.954. The molecule has 0 bridgehead atoms. The number of carbonyl (C=O) groups excluding carboxylic acids is 2. The summed E-state index contributed by atoms with van der Waals surface area (Å²) in [6.45, 7) is 3.33. The molecule has 0 aliphatic carbocycles. The number of hydrogen-bond donors (Lipinski definition) is 2. The molecule has 0 spiro atoms. The normalized spacial score (nSPS) is 14.5. The van der Waals surface area contributed by atoms with Gasteiger partial charge in [-0.3, -0.25) is 18.6 Å². The molecule has 2 atom stereocenters. The molecule has 38 heavy (non-hydrogen) atoms. The van der Waals surface area contributed by atoms with Crippen LogP contribution in [0.5, 0.6) is 0 Å². The number of allylic oxidation sites excluding steroid dienone is 8. The van der Waals surface area contributed by atoms with E-state index >= 15 is 0 Å². The molecule has 0 aliphatic heterocycles. The molecule has 0 fully saturated rings. The third-order valence-corrected chi connectivity index (χ3v) is 5.98. The van der Waals surface area contributed by atoms with Crippen molar-refractivity contribution in [3.05, 3.63) is 48.6 Å². The van der Waals surface area contributed by atoms with Crippen LogP contribution >= 0.6 is 7.82 Å². The topological polar surface area (TPSA) is 134 Å². The molecular weight excluding hydrogens is 509 g/mol. The Labute approximate surface area is 228 Å². The summed E-state index contributed by atoms with van der Waals surface area (Å²) in [4.78, 5) is 34.0. The van der Waals surface area contributed by atoms with Gasteiger partial charge in [0, 0.05) is 19.4 Å². The number of unbranched alkanes of at least 4 members (excludes halogenated alkanes) is 3. The molecule has 0 aliphatic rings. The molecule has 0 heterocycles. The molecule has 2 unspecified atom stereocenters. The molecule has 0 saturated heterocycles. The molecule has 0 saturated carbocycles. The Bertz CT molecular complexity index is 779. The Kier molecular flexibility index (Phi) is 23.9. The summed E-state index contributed by atoms with van der Waals surface area (Å²) in [5, 5.41) is 0. The molecule has 3 N–H and O–H groups in total. The highest BCUT2D eigenvalue weighted by atomic mass is 31.2. The van der Waals surface area contributed by atoms with E-state index in [4.69, 9.17) is 19.7 Å². The summed E-state index contributed by atoms with van der Waals surface area (Å²) >= 11 is 0. The molecule has 0 amide bonds. The number of rotatable bonds is 24. The highest BCUT2D eigenvalue weighted by molar-refractivity contribution is 7.47. The van der Waals surface area contributed by atoms with Gasteiger partial charge in [-0.25, -0.2) is 4.57 Å².